The van der Waals surface area contributed by atoms with E-state index in [1.807, 2.05) is 19.1 Å². The zero-order valence-electron chi connectivity index (χ0n) is 9.74. The molecule has 3 N–H and O–H groups in total. The maximum absolute atomic E-state index is 11.3. The number of thiophene rings is 1. The average molecular weight is 282 g/mol. The number of benzene rings is 1. The highest BCUT2D eigenvalue weighted by atomic mass is 35.5. The van der Waals surface area contributed by atoms with Crippen molar-refractivity contribution in [1.82, 2.24) is 0 Å². The molecule has 0 radical (unpaired) electrons. The summed E-state index contributed by atoms with van der Waals surface area (Å²) >= 11 is 7.17. The van der Waals surface area contributed by atoms with E-state index in [1.54, 1.807) is 12.1 Å². The summed E-state index contributed by atoms with van der Waals surface area (Å²) in [6.45, 7) is 1.98. The van der Waals surface area contributed by atoms with E-state index in [-0.39, 0.29) is 5.56 Å². The predicted molar refractivity (Wildman–Crippen MR) is 75.5 cm³/mol. The maximum atomic E-state index is 11.3. The third-order valence-electron chi connectivity index (χ3n) is 2.68. The summed E-state index contributed by atoms with van der Waals surface area (Å²) in [4.78, 5) is 12.3. The molecule has 1 heterocycles. The highest BCUT2D eigenvalue weighted by molar-refractivity contribution is 7.17. The van der Waals surface area contributed by atoms with Crippen LogP contribution in [-0.2, 0) is 6.42 Å². The van der Waals surface area contributed by atoms with Gasteiger partial charge in [-0.25, -0.2) is 4.79 Å². The molecule has 1 aromatic carbocycles. The average Bonchev–Trinajstić information content (AvgIpc) is 2.67. The van der Waals surface area contributed by atoms with Crippen LogP contribution in [0.2, 0.25) is 5.02 Å². The first-order valence-corrected chi connectivity index (χ1v) is 6.64. The fourth-order valence-electron chi connectivity index (χ4n) is 1.88. The van der Waals surface area contributed by atoms with Gasteiger partial charge in [-0.15, -0.1) is 11.3 Å². The number of carboxylic acid groups (broad SMARTS) is 1. The minimum absolute atomic E-state index is 0.194. The van der Waals surface area contributed by atoms with Crippen molar-refractivity contribution in [2.24, 2.45) is 0 Å². The van der Waals surface area contributed by atoms with Crippen LogP contribution in [-0.4, -0.2) is 11.1 Å². The minimum atomic E-state index is -0.992. The molecule has 0 unspecified atom stereocenters. The van der Waals surface area contributed by atoms with Crippen LogP contribution in [0.15, 0.2) is 24.3 Å². The highest BCUT2D eigenvalue weighted by Gasteiger charge is 2.22. The number of carbonyl (C=O) groups is 1. The quantitative estimate of drug-likeness (QED) is 0.896. The van der Waals surface area contributed by atoms with Crippen molar-refractivity contribution in [2.75, 3.05) is 5.73 Å². The van der Waals surface area contributed by atoms with Gasteiger partial charge in [-0.3, -0.25) is 0 Å². The lowest BCUT2D eigenvalue weighted by Gasteiger charge is -2.04. The Labute approximate surface area is 114 Å². The molecule has 0 aliphatic carbocycles. The molecular formula is C13H12ClNO2S. The Hall–Kier alpha value is -1.52. The van der Waals surface area contributed by atoms with Crippen LogP contribution in [0, 0.1) is 0 Å². The minimum Gasteiger partial charge on any atom is -0.478 e. The number of hydrogen-bond acceptors (Lipinski definition) is 3. The SMILES string of the molecule is CCc1sc(N)c(C(=O)O)c1-c1ccc(Cl)cc1. The Morgan fingerprint density at radius 2 is 2.00 bits per heavy atom. The zero-order valence-corrected chi connectivity index (χ0v) is 11.3. The summed E-state index contributed by atoms with van der Waals surface area (Å²) in [6, 6.07) is 7.12. The van der Waals surface area contributed by atoms with E-state index in [0.717, 1.165) is 16.9 Å². The van der Waals surface area contributed by atoms with Crippen molar-refractivity contribution in [3.05, 3.63) is 39.7 Å². The first-order chi connectivity index (χ1) is 8.54. The molecule has 0 bridgehead atoms. The summed E-state index contributed by atoms with van der Waals surface area (Å²) in [7, 11) is 0. The monoisotopic (exact) mass is 281 g/mol. The van der Waals surface area contributed by atoms with Crippen LogP contribution < -0.4 is 5.73 Å². The maximum Gasteiger partial charge on any atom is 0.339 e. The van der Waals surface area contributed by atoms with Crippen LogP contribution >= 0.6 is 22.9 Å². The van der Waals surface area contributed by atoms with Crippen molar-refractivity contribution in [3.63, 3.8) is 0 Å². The number of anilines is 1. The lowest BCUT2D eigenvalue weighted by molar-refractivity contribution is 0.0699. The summed E-state index contributed by atoms with van der Waals surface area (Å²) in [5.74, 6) is -0.992. The van der Waals surface area contributed by atoms with Crippen LogP contribution in [0.25, 0.3) is 11.1 Å². The van der Waals surface area contributed by atoms with E-state index in [4.69, 9.17) is 17.3 Å². The Kier molecular flexibility index (Phi) is 3.59. The van der Waals surface area contributed by atoms with Gasteiger partial charge in [0, 0.05) is 15.5 Å². The van der Waals surface area contributed by atoms with Gasteiger partial charge in [-0.2, -0.15) is 0 Å². The third-order valence-corrected chi connectivity index (χ3v) is 4.09. The first kappa shape index (κ1) is 12.9. The molecule has 2 aromatic rings. The van der Waals surface area contributed by atoms with Crippen molar-refractivity contribution in [3.8, 4) is 11.1 Å². The van der Waals surface area contributed by atoms with E-state index >= 15 is 0 Å². The standard InChI is InChI=1S/C13H12ClNO2S/c1-2-9-10(7-3-5-8(14)6-4-7)11(13(16)17)12(15)18-9/h3-6H,2,15H2,1H3,(H,16,17). The molecule has 1 aromatic heterocycles. The number of nitrogen functional groups attached to an aromatic ring is 1. The van der Waals surface area contributed by atoms with Gasteiger partial charge in [0.15, 0.2) is 0 Å². The number of aryl methyl sites for hydroxylation is 1. The van der Waals surface area contributed by atoms with Crippen molar-refractivity contribution >= 4 is 33.9 Å². The predicted octanol–water partition coefficient (Wildman–Crippen LogP) is 3.91. The number of hydrogen-bond donors (Lipinski definition) is 2. The summed E-state index contributed by atoms with van der Waals surface area (Å²) in [5, 5.41) is 10.2. The molecule has 0 fully saturated rings. The molecule has 18 heavy (non-hydrogen) atoms. The summed E-state index contributed by atoms with van der Waals surface area (Å²) in [5.41, 5.74) is 7.54. The van der Waals surface area contributed by atoms with E-state index < -0.39 is 5.97 Å². The Morgan fingerprint density at radius 3 is 2.50 bits per heavy atom. The van der Waals surface area contributed by atoms with Crippen molar-refractivity contribution < 1.29 is 9.90 Å². The lowest BCUT2D eigenvalue weighted by Crippen LogP contribution is -2.01. The molecular weight excluding hydrogens is 270 g/mol. The smallest absolute Gasteiger partial charge is 0.339 e. The van der Waals surface area contributed by atoms with E-state index in [2.05, 4.69) is 0 Å². The molecule has 0 spiro atoms. The number of rotatable bonds is 3. The van der Waals surface area contributed by atoms with Crippen LogP contribution in [0.3, 0.4) is 0 Å². The number of nitrogens with two attached hydrogens (primary N) is 1. The third kappa shape index (κ3) is 2.21. The first-order valence-electron chi connectivity index (χ1n) is 5.45. The van der Waals surface area contributed by atoms with Gasteiger partial charge in [-0.1, -0.05) is 30.7 Å². The normalized spacial score (nSPS) is 10.6. The molecule has 0 saturated carbocycles. The topological polar surface area (TPSA) is 63.3 Å². The highest BCUT2D eigenvalue weighted by Crippen LogP contribution is 2.39. The van der Waals surface area contributed by atoms with Gasteiger partial charge in [0.2, 0.25) is 0 Å². The number of carboxylic acids is 1. The fourth-order valence-corrected chi connectivity index (χ4v) is 3.03. The Balaban J connectivity index is 2.68. The largest absolute Gasteiger partial charge is 0.478 e. The van der Waals surface area contributed by atoms with Gasteiger partial charge in [0.1, 0.15) is 10.6 Å². The fraction of sp³-hybridized carbons (Fsp3) is 0.154. The van der Waals surface area contributed by atoms with Gasteiger partial charge in [0.05, 0.1) is 0 Å². The van der Waals surface area contributed by atoms with E-state index in [0.29, 0.717) is 15.6 Å². The Bertz CT molecular complexity index is 590. The van der Waals surface area contributed by atoms with Crippen LogP contribution in [0.4, 0.5) is 5.00 Å². The van der Waals surface area contributed by atoms with E-state index in [9.17, 15) is 9.90 Å². The number of halogens is 1. The van der Waals surface area contributed by atoms with Crippen molar-refractivity contribution in [2.45, 2.75) is 13.3 Å². The molecule has 3 nitrogen and oxygen atoms in total. The molecule has 0 saturated heterocycles. The second kappa shape index (κ2) is 5.00. The Morgan fingerprint density at radius 1 is 1.39 bits per heavy atom. The van der Waals surface area contributed by atoms with Gasteiger partial charge in [0.25, 0.3) is 0 Å². The zero-order chi connectivity index (χ0) is 13.3. The summed E-state index contributed by atoms with van der Waals surface area (Å²) < 4.78 is 0. The molecule has 0 aliphatic heterocycles. The van der Waals surface area contributed by atoms with Gasteiger partial charge < -0.3 is 10.8 Å². The van der Waals surface area contributed by atoms with Crippen LogP contribution in [0.1, 0.15) is 22.2 Å². The van der Waals surface area contributed by atoms with Crippen LogP contribution in [0.5, 0.6) is 0 Å². The number of aromatic carboxylic acids is 1. The second-order valence-electron chi connectivity index (χ2n) is 3.81. The molecule has 0 amide bonds. The molecule has 2 rings (SSSR count). The molecule has 0 aliphatic rings. The summed E-state index contributed by atoms with van der Waals surface area (Å²) in [6.07, 6.45) is 0.750. The second-order valence-corrected chi connectivity index (χ2v) is 5.38. The molecule has 94 valence electrons. The lowest BCUT2D eigenvalue weighted by atomic mass is 10.0. The van der Waals surface area contributed by atoms with Gasteiger partial charge in [-0.05, 0) is 24.1 Å². The van der Waals surface area contributed by atoms with E-state index in [1.165, 1.54) is 11.3 Å². The molecule has 0 atom stereocenters. The molecule has 5 heteroatoms. The van der Waals surface area contributed by atoms with Gasteiger partial charge >= 0.3 is 5.97 Å². The van der Waals surface area contributed by atoms with Crippen molar-refractivity contribution in [1.29, 1.82) is 0 Å².